The molecule has 4 heterocycles. The third kappa shape index (κ3) is 14.8. The molecule has 0 spiro atoms. The molecule has 5 rings (SSSR count). The highest BCUT2D eigenvalue weighted by Crippen LogP contribution is 2.41. The van der Waals surface area contributed by atoms with Crippen LogP contribution in [0.5, 0.6) is 0 Å². The number of nitrogen functional groups attached to an aromatic ring is 1. The molecule has 3 unspecified atom stereocenters. The third-order valence-corrected chi connectivity index (χ3v) is 15.3. The number of halogens is 1. The number of sulfone groups is 1. The normalized spacial score (nSPS) is 33.2. The molecule has 1 aromatic heterocycles. The molecule has 3 aliphatic heterocycles. The number of cyclic esters (lactones) is 1. The molecule has 2 aromatic rings. The molecular weight excluding hydrogens is 934 g/mol. The van der Waals surface area contributed by atoms with Gasteiger partial charge in [0.25, 0.3) is 0 Å². The highest BCUT2D eigenvalue weighted by Gasteiger charge is 2.59. The van der Waals surface area contributed by atoms with Crippen LogP contribution >= 0.6 is 12.1 Å². The molecular formula is C48H80FN7O11S2. The number of esters is 1. The number of nitrogens with two attached hydrogens (primary N) is 1. The lowest BCUT2D eigenvalue weighted by atomic mass is 9.78. The van der Waals surface area contributed by atoms with Crippen LogP contribution in [0.3, 0.4) is 0 Å². The van der Waals surface area contributed by atoms with Gasteiger partial charge in [0.2, 0.25) is 0 Å². The first kappa shape index (κ1) is 58.1. The van der Waals surface area contributed by atoms with Crippen LogP contribution < -0.4 is 5.73 Å². The van der Waals surface area contributed by atoms with Crippen molar-refractivity contribution in [3.8, 4) is 11.3 Å². The van der Waals surface area contributed by atoms with Crippen LogP contribution in [-0.2, 0) is 49.7 Å². The van der Waals surface area contributed by atoms with Crippen LogP contribution in [0.15, 0.2) is 30.5 Å². The molecule has 3 saturated heterocycles. The van der Waals surface area contributed by atoms with Crippen molar-refractivity contribution in [3.63, 3.8) is 0 Å². The van der Waals surface area contributed by atoms with Crippen molar-refractivity contribution >= 4 is 45.5 Å². The monoisotopic (exact) mass is 1010 g/mol. The molecule has 3 aliphatic rings. The summed E-state index contributed by atoms with van der Waals surface area (Å²) >= 11 is 0.250. The molecule has 13 atom stereocenters. The van der Waals surface area contributed by atoms with Crippen LogP contribution in [0.1, 0.15) is 93.9 Å². The van der Waals surface area contributed by atoms with Crippen LogP contribution in [0, 0.1) is 17.8 Å². The minimum atomic E-state index is -3.16. The molecule has 21 heteroatoms. The first-order valence-electron chi connectivity index (χ1n) is 24.1. The van der Waals surface area contributed by atoms with Crippen molar-refractivity contribution in [3.05, 3.63) is 30.5 Å². The number of Topliss-reactive ketones (excluding diaryl/α,β-unsaturated/α-hetero) is 1. The van der Waals surface area contributed by atoms with Gasteiger partial charge in [0.05, 0.1) is 35.8 Å². The Bertz CT molecular complexity index is 2110. The van der Waals surface area contributed by atoms with Crippen molar-refractivity contribution in [1.29, 1.82) is 0 Å². The Morgan fingerprint density at radius 3 is 2.38 bits per heavy atom. The number of aliphatic hydroxyl groups is 1. The third-order valence-electron chi connectivity index (χ3n) is 14.2. The van der Waals surface area contributed by atoms with Crippen LogP contribution in [0.25, 0.3) is 11.3 Å². The van der Waals surface area contributed by atoms with E-state index >= 15 is 0 Å². The summed E-state index contributed by atoms with van der Waals surface area (Å²) in [6, 6.07) is 6.23. The Kier molecular flexibility index (Phi) is 21.3. The molecule has 3 N–H and O–H groups in total. The second-order valence-electron chi connectivity index (χ2n) is 19.9. The lowest BCUT2D eigenvalue weighted by molar-refractivity contribution is -0.296. The molecule has 1 amide bonds. The van der Waals surface area contributed by atoms with Crippen molar-refractivity contribution in [2.75, 3.05) is 64.8 Å². The highest BCUT2D eigenvalue weighted by molar-refractivity contribution is 7.93. The summed E-state index contributed by atoms with van der Waals surface area (Å²) in [5, 5.41) is 20.4. The number of aryl methyl sites for hydroxylation is 1. The van der Waals surface area contributed by atoms with Crippen molar-refractivity contribution in [1.82, 2.24) is 29.7 Å². The van der Waals surface area contributed by atoms with E-state index in [-0.39, 0.29) is 36.0 Å². The van der Waals surface area contributed by atoms with Crippen LogP contribution in [0.2, 0.25) is 0 Å². The second kappa shape index (κ2) is 25.3. The van der Waals surface area contributed by atoms with Gasteiger partial charge in [0, 0.05) is 80.7 Å². The number of aliphatic hydroxyl groups excluding tert-OH is 1. The summed E-state index contributed by atoms with van der Waals surface area (Å²) in [6.45, 7) is 16.8. The Labute approximate surface area is 414 Å². The minimum absolute atomic E-state index is 0.0226. The molecule has 18 nitrogen and oxygen atoms in total. The standard InChI is InChI=1S/C47H77N7O11S.CH3FS/c1-13-38-47(8)41(54(45(58)65-47)22-15-14-21-53-28-36(49-50-53)34-18-16-19-35(48)25-34)33(6)52(10)27-29(2)26-46(7,61-11)42(31(4)39(55)32(5)43(57)63-38)64-44-40(56)37(24-30(3)62-44)51(9)20-17-23-66(12,59)60;1-3-2/h16,18-19,25,28-33,37-38,40-42,44,56H,13-15,17,20-24,26-27,48H2,1-12H3;1H3/t29-,30?,31+,32-,33-,37?,38-,40?,41-,42-,44+,46-,47-;/m1./s1. The number of anilines is 1. The fourth-order valence-corrected chi connectivity index (χ4v) is 11.1. The molecule has 1 aromatic carbocycles. The van der Waals surface area contributed by atoms with E-state index in [0.717, 1.165) is 5.56 Å². The number of benzene rings is 1. The Morgan fingerprint density at radius 1 is 1.09 bits per heavy atom. The van der Waals surface area contributed by atoms with E-state index in [9.17, 15) is 31.8 Å². The van der Waals surface area contributed by atoms with E-state index in [0.29, 0.717) is 76.1 Å². The number of methoxy groups -OCH3 is 1. The highest BCUT2D eigenvalue weighted by atomic mass is 32.2. The number of unbranched alkanes of at least 4 members (excludes halogenated alkanes) is 1. The number of ether oxygens (including phenoxy) is 5. The van der Waals surface area contributed by atoms with Gasteiger partial charge in [-0.3, -0.25) is 19.2 Å². The lowest BCUT2D eigenvalue weighted by Gasteiger charge is -2.47. The van der Waals surface area contributed by atoms with E-state index < -0.39 is 87.4 Å². The number of hydrogen-bond donors (Lipinski definition) is 2. The smallest absolute Gasteiger partial charge is 0.410 e. The first-order chi connectivity index (χ1) is 32.3. The van der Waals surface area contributed by atoms with Crippen molar-refractivity contribution in [2.45, 2.75) is 160 Å². The number of amides is 1. The molecule has 0 saturated carbocycles. The Hall–Kier alpha value is -3.44. The number of ketones is 1. The predicted molar refractivity (Wildman–Crippen MR) is 264 cm³/mol. The number of nitrogens with zero attached hydrogens (tertiary/aromatic N) is 6. The van der Waals surface area contributed by atoms with Crippen LogP contribution in [-0.4, -0.2) is 180 Å². The molecule has 69 heavy (non-hydrogen) atoms. The summed E-state index contributed by atoms with van der Waals surface area (Å²) in [7, 11) is 2.25. The Morgan fingerprint density at radius 2 is 1.75 bits per heavy atom. The lowest BCUT2D eigenvalue weighted by Crippen LogP contribution is -2.61. The zero-order valence-electron chi connectivity index (χ0n) is 43.0. The number of hydrogen-bond acceptors (Lipinski definition) is 17. The molecule has 0 bridgehead atoms. The summed E-state index contributed by atoms with van der Waals surface area (Å²) in [4.78, 5) is 48.6. The summed E-state index contributed by atoms with van der Waals surface area (Å²) in [5.74, 6) is -3.40. The fourth-order valence-electron chi connectivity index (χ4n) is 10.5. The number of aromatic nitrogens is 3. The van der Waals surface area contributed by atoms with E-state index in [4.69, 9.17) is 29.4 Å². The maximum Gasteiger partial charge on any atom is 0.410 e. The maximum absolute atomic E-state index is 14.6. The largest absolute Gasteiger partial charge is 0.458 e. The summed E-state index contributed by atoms with van der Waals surface area (Å²) < 4.78 is 67.6. The number of fused-ring (bicyclic) bond motifs is 1. The number of carbonyl (C=O) groups excluding carboxylic acids is 3. The SMILES string of the molecule is CC[C@H]1OC(=O)[C@H](C)C(=O)[C@H](C)[C@@H](O[C@@H]2OC(C)CC(N(C)CCCS(C)(=O)=O)C2O)[C@](C)(OC)C[C@@H](C)CN(C)[C@H](C)[C@H]2N(CCCCn3cc(-c4cccc(N)c4)nn3)C(=O)O[C@]12C.CSF. The maximum atomic E-state index is 14.6. The summed E-state index contributed by atoms with van der Waals surface area (Å²) in [5.41, 5.74) is 5.82. The Balaban J connectivity index is 0.00000336. The number of rotatable bonds is 15. The van der Waals surface area contributed by atoms with Gasteiger partial charge in [-0.05, 0) is 112 Å². The quantitative estimate of drug-likeness (QED) is 0.0951. The van der Waals surface area contributed by atoms with Gasteiger partial charge in [-0.1, -0.05) is 38.1 Å². The molecule has 392 valence electrons. The average Bonchev–Trinajstić information content (AvgIpc) is 3.86. The average molecular weight is 1010 g/mol. The van der Waals surface area contributed by atoms with Gasteiger partial charge in [0.15, 0.2) is 17.7 Å². The number of carbonyl (C=O) groups is 3. The topological polar surface area (TPSA) is 218 Å². The zero-order chi connectivity index (χ0) is 51.6. The summed E-state index contributed by atoms with van der Waals surface area (Å²) in [6.07, 6.45) is 2.36. The molecule has 0 radical (unpaired) electrons. The van der Waals surface area contributed by atoms with Crippen LogP contribution in [0.4, 0.5) is 14.4 Å². The predicted octanol–water partition coefficient (Wildman–Crippen LogP) is 5.67. The first-order valence-corrected chi connectivity index (χ1v) is 27.3. The molecule has 0 aliphatic carbocycles. The second-order valence-corrected chi connectivity index (χ2v) is 22.5. The zero-order valence-corrected chi connectivity index (χ0v) is 44.6. The fraction of sp³-hybridized carbons (Fsp3) is 0.771. The van der Waals surface area contributed by atoms with Gasteiger partial charge in [0.1, 0.15) is 33.7 Å². The van der Waals surface area contributed by atoms with E-state index in [1.807, 2.05) is 77.2 Å². The molecule has 3 fully saturated rings. The number of likely N-dealkylation sites (N-methyl/N-ethyl adjacent to an activating group) is 2. The van der Waals surface area contributed by atoms with Crippen molar-refractivity contribution in [2.24, 2.45) is 17.8 Å². The van der Waals surface area contributed by atoms with E-state index in [1.54, 1.807) is 23.6 Å². The minimum Gasteiger partial charge on any atom is -0.458 e. The van der Waals surface area contributed by atoms with Crippen molar-refractivity contribution < 1.29 is 55.5 Å². The van der Waals surface area contributed by atoms with E-state index in [1.165, 1.54) is 19.4 Å². The van der Waals surface area contributed by atoms with Gasteiger partial charge in [-0.25, -0.2) is 13.2 Å². The van der Waals surface area contributed by atoms with Gasteiger partial charge >= 0.3 is 12.1 Å². The van der Waals surface area contributed by atoms with E-state index in [2.05, 4.69) is 29.1 Å². The van der Waals surface area contributed by atoms with Gasteiger partial charge in [-0.15, -0.1) is 5.10 Å². The van der Waals surface area contributed by atoms with Gasteiger partial charge < -0.3 is 44.3 Å². The van der Waals surface area contributed by atoms with Gasteiger partial charge in [-0.2, -0.15) is 3.89 Å².